The highest BCUT2D eigenvalue weighted by atomic mass is 16.7. The van der Waals surface area contributed by atoms with Gasteiger partial charge in [-0.05, 0) is 52.3 Å². The molecule has 2 aromatic carbocycles. The van der Waals surface area contributed by atoms with Gasteiger partial charge in [0.1, 0.15) is 28.9 Å². The van der Waals surface area contributed by atoms with Crippen LogP contribution in [0.1, 0.15) is 56.6 Å². The van der Waals surface area contributed by atoms with Crippen LogP contribution in [0.15, 0.2) is 30.3 Å². The third kappa shape index (κ3) is 10.0. The van der Waals surface area contributed by atoms with E-state index in [9.17, 15) is 4.79 Å². The molecule has 0 saturated carbocycles. The lowest BCUT2D eigenvalue weighted by Crippen LogP contribution is -2.16. The molecule has 1 aliphatic rings. The van der Waals surface area contributed by atoms with Crippen molar-refractivity contribution < 1.29 is 56.9 Å². The molecule has 0 amide bonds. The fourth-order valence-corrected chi connectivity index (χ4v) is 3.71. The second-order valence-electron chi connectivity index (χ2n) is 8.62. The number of rotatable bonds is 23. The van der Waals surface area contributed by atoms with Gasteiger partial charge in [-0.2, -0.15) is 0 Å². The Labute approximate surface area is 246 Å². The topological polar surface area (TPSA) is 122 Å². The summed E-state index contributed by atoms with van der Waals surface area (Å²) >= 11 is 0. The first-order valence-corrected chi connectivity index (χ1v) is 14.1. The van der Waals surface area contributed by atoms with Crippen molar-refractivity contribution in [3.63, 3.8) is 0 Å². The zero-order chi connectivity index (χ0) is 30.2. The van der Waals surface area contributed by atoms with Crippen LogP contribution in [0, 0.1) is 0 Å². The van der Waals surface area contributed by atoms with Crippen LogP contribution in [0.25, 0.3) is 0 Å². The van der Waals surface area contributed by atoms with Gasteiger partial charge in [0.25, 0.3) is 0 Å². The van der Waals surface area contributed by atoms with Gasteiger partial charge in [-0.1, -0.05) is 6.07 Å². The van der Waals surface area contributed by atoms with Crippen molar-refractivity contribution in [2.75, 3.05) is 67.0 Å². The Kier molecular flexibility index (Phi) is 14.6. The van der Waals surface area contributed by atoms with E-state index in [4.69, 9.17) is 52.1 Å². The van der Waals surface area contributed by atoms with Crippen LogP contribution in [0.5, 0.6) is 28.7 Å². The number of ketones is 1. The SMILES string of the molecule is CCOCOc1cc(OCOCC)c(C(=O)C2OC2c2ccc(OCOCC)c(OCOCC)c2)c(OCOCC)c1. The molecule has 0 spiro atoms. The molecule has 2 atom stereocenters. The van der Waals surface area contributed by atoms with E-state index >= 15 is 0 Å². The monoisotopic (exact) mass is 594 g/mol. The standard InChI is InChI=1S/C30H42O12/c1-6-32-16-37-22-14-25(40-19-35-9-4)27(26(15-22)41-20-36-10-5)28(31)30-29(42-30)21-11-12-23(38-17-33-7-2)24(13-21)39-18-34-8-3/h11-15,29-30H,6-10,16-20H2,1-5H3. The van der Waals surface area contributed by atoms with Gasteiger partial charge in [-0.15, -0.1) is 0 Å². The van der Waals surface area contributed by atoms with Gasteiger partial charge in [0.15, 0.2) is 51.6 Å². The van der Waals surface area contributed by atoms with E-state index in [1.807, 2.05) is 40.7 Å². The Balaban J connectivity index is 1.87. The molecule has 0 N–H and O–H groups in total. The predicted octanol–water partition coefficient (Wildman–Crippen LogP) is 4.87. The van der Waals surface area contributed by atoms with E-state index in [-0.39, 0.29) is 56.8 Å². The van der Waals surface area contributed by atoms with E-state index in [2.05, 4.69) is 0 Å². The molecular formula is C30H42O12. The van der Waals surface area contributed by atoms with Crippen molar-refractivity contribution in [2.24, 2.45) is 0 Å². The predicted molar refractivity (Wildman–Crippen MR) is 150 cm³/mol. The maximum atomic E-state index is 13.9. The minimum Gasteiger partial charge on any atom is -0.467 e. The zero-order valence-electron chi connectivity index (χ0n) is 25.0. The largest absolute Gasteiger partial charge is 0.467 e. The van der Waals surface area contributed by atoms with Crippen molar-refractivity contribution in [3.8, 4) is 28.7 Å². The van der Waals surface area contributed by atoms with Crippen LogP contribution in [-0.4, -0.2) is 78.9 Å². The Hall–Kier alpha value is -3.13. The molecular weight excluding hydrogens is 552 g/mol. The molecule has 12 nitrogen and oxygen atoms in total. The average molecular weight is 595 g/mol. The van der Waals surface area contributed by atoms with Crippen molar-refractivity contribution in [1.82, 2.24) is 0 Å². The Morgan fingerprint density at radius 3 is 1.55 bits per heavy atom. The second kappa shape index (κ2) is 18.4. The first kappa shape index (κ1) is 33.4. The van der Waals surface area contributed by atoms with E-state index < -0.39 is 12.2 Å². The summed E-state index contributed by atoms with van der Waals surface area (Å²) < 4.78 is 61.4. The summed E-state index contributed by atoms with van der Waals surface area (Å²) in [5.74, 6) is 1.44. The smallest absolute Gasteiger partial charge is 0.202 e. The van der Waals surface area contributed by atoms with Gasteiger partial charge in [-0.3, -0.25) is 4.79 Å². The summed E-state index contributed by atoms with van der Waals surface area (Å²) in [6, 6.07) is 8.52. The fourth-order valence-electron chi connectivity index (χ4n) is 3.71. The quantitative estimate of drug-likeness (QED) is 0.0755. The number of ether oxygens (including phenoxy) is 11. The summed E-state index contributed by atoms with van der Waals surface area (Å²) in [6.07, 6.45) is -1.32. The molecule has 234 valence electrons. The molecule has 0 bridgehead atoms. The molecule has 2 aromatic rings. The number of epoxide rings is 1. The molecule has 0 aromatic heterocycles. The number of carbonyl (C=O) groups is 1. The van der Waals surface area contributed by atoms with Crippen LogP contribution in [0.2, 0.25) is 0 Å². The van der Waals surface area contributed by atoms with E-state index in [0.29, 0.717) is 50.3 Å². The third-order valence-corrected chi connectivity index (χ3v) is 5.85. The Morgan fingerprint density at radius 1 is 0.595 bits per heavy atom. The molecule has 1 saturated heterocycles. The maximum absolute atomic E-state index is 13.9. The fraction of sp³-hybridized carbons (Fsp3) is 0.567. The summed E-state index contributed by atoms with van der Waals surface area (Å²) in [6.45, 7) is 11.6. The molecule has 1 fully saturated rings. The number of benzene rings is 2. The number of hydrogen-bond acceptors (Lipinski definition) is 12. The Morgan fingerprint density at radius 2 is 1.05 bits per heavy atom. The molecule has 0 aliphatic carbocycles. The lowest BCUT2D eigenvalue weighted by Gasteiger charge is -2.17. The molecule has 3 rings (SSSR count). The first-order chi connectivity index (χ1) is 20.6. The summed E-state index contributed by atoms with van der Waals surface area (Å²) in [4.78, 5) is 13.9. The molecule has 1 aliphatic heterocycles. The van der Waals surface area contributed by atoms with Crippen LogP contribution in [0.4, 0.5) is 0 Å². The van der Waals surface area contributed by atoms with Gasteiger partial charge < -0.3 is 52.1 Å². The molecule has 2 unspecified atom stereocenters. The van der Waals surface area contributed by atoms with E-state index in [1.54, 1.807) is 24.3 Å². The highest BCUT2D eigenvalue weighted by Gasteiger charge is 2.48. The second-order valence-corrected chi connectivity index (χ2v) is 8.62. The van der Waals surface area contributed by atoms with Crippen molar-refractivity contribution in [1.29, 1.82) is 0 Å². The molecule has 42 heavy (non-hydrogen) atoms. The van der Waals surface area contributed by atoms with Crippen molar-refractivity contribution in [2.45, 2.75) is 46.8 Å². The number of Topliss-reactive ketones (excluding diaryl/α,β-unsaturated/α-hetero) is 1. The van der Waals surface area contributed by atoms with E-state index in [1.165, 1.54) is 0 Å². The van der Waals surface area contributed by atoms with Crippen LogP contribution in [0.3, 0.4) is 0 Å². The minimum absolute atomic E-state index is 0.0192. The third-order valence-electron chi connectivity index (χ3n) is 5.85. The van der Waals surface area contributed by atoms with Gasteiger partial charge in [0.05, 0.1) is 0 Å². The first-order valence-electron chi connectivity index (χ1n) is 14.1. The highest BCUT2D eigenvalue weighted by Crippen LogP contribution is 2.46. The normalized spacial score (nSPS) is 15.7. The van der Waals surface area contributed by atoms with Gasteiger partial charge >= 0.3 is 0 Å². The van der Waals surface area contributed by atoms with Crippen LogP contribution >= 0.6 is 0 Å². The maximum Gasteiger partial charge on any atom is 0.202 e. The Bertz CT molecular complexity index is 1060. The molecule has 12 heteroatoms. The number of hydrogen-bond donors (Lipinski definition) is 0. The van der Waals surface area contributed by atoms with Crippen LogP contribution in [-0.2, 0) is 28.4 Å². The lowest BCUT2D eigenvalue weighted by molar-refractivity contribution is 0.00599. The summed E-state index contributed by atoms with van der Waals surface area (Å²) in [5.41, 5.74) is 0.920. The summed E-state index contributed by atoms with van der Waals surface area (Å²) in [5, 5.41) is 0. The van der Waals surface area contributed by atoms with Crippen LogP contribution < -0.4 is 23.7 Å². The molecule has 1 heterocycles. The zero-order valence-corrected chi connectivity index (χ0v) is 25.0. The van der Waals surface area contributed by atoms with Gasteiger partial charge in [0.2, 0.25) is 5.78 Å². The van der Waals surface area contributed by atoms with Crippen molar-refractivity contribution in [3.05, 3.63) is 41.5 Å². The number of carbonyl (C=O) groups excluding carboxylic acids is 1. The summed E-state index contributed by atoms with van der Waals surface area (Å²) in [7, 11) is 0. The molecule has 0 radical (unpaired) electrons. The lowest BCUT2D eigenvalue weighted by atomic mass is 10.0. The van der Waals surface area contributed by atoms with Crippen molar-refractivity contribution >= 4 is 5.78 Å². The van der Waals surface area contributed by atoms with Gasteiger partial charge in [0, 0.05) is 45.2 Å². The highest BCUT2D eigenvalue weighted by molar-refractivity contribution is 6.06. The van der Waals surface area contributed by atoms with E-state index in [0.717, 1.165) is 5.56 Å². The van der Waals surface area contributed by atoms with Gasteiger partial charge in [-0.25, -0.2) is 0 Å². The average Bonchev–Trinajstić information content (AvgIpc) is 3.79. The minimum atomic E-state index is -0.793.